The number of hydrogen-bond donors (Lipinski definition) is 1. The van der Waals surface area contributed by atoms with Crippen LogP contribution >= 0.6 is 15.9 Å². The molecule has 2 N–H and O–H groups in total. The molecule has 0 radical (unpaired) electrons. The predicted octanol–water partition coefficient (Wildman–Crippen LogP) is 3.11. The van der Waals surface area contributed by atoms with Gasteiger partial charge in [-0.1, -0.05) is 52.3 Å². The second-order valence-corrected chi connectivity index (χ2v) is 5.94. The number of likely N-dealkylation sites (N-methyl/N-ethyl adjacent to an activating group) is 1. The second kappa shape index (κ2) is 7.38. The zero-order valence-electron chi connectivity index (χ0n) is 12.1. The maximum Gasteiger partial charge on any atom is 0.227 e. The first-order chi connectivity index (χ1) is 10.1. The van der Waals surface area contributed by atoms with Gasteiger partial charge in [-0.2, -0.15) is 0 Å². The fourth-order valence-corrected chi connectivity index (χ4v) is 2.44. The van der Waals surface area contributed by atoms with Crippen LogP contribution in [-0.4, -0.2) is 17.9 Å². The molecule has 0 saturated heterocycles. The topological polar surface area (TPSA) is 46.3 Å². The third-order valence-corrected chi connectivity index (χ3v) is 3.97. The molecule has 0 bridgehead atoms. The number of nitrogens with two attached hydrogens (primary N) is 1. The van der Waals surface area contributed by atoms with Crippen molar-refractivity contribution in [2.24, 2.45) is 5.73 Å². The summed E-state index contributed by atoms with van der Waals surface area (Å²) in [6.07, 6.45) is 0.389. The van der Waals surface area contributed by atoms with Crippen LogP contribution in [0.5, 0.6) is 0 Å². The zero-order chi connectivity index (χ0) is 15.2. The van der Waals surface area contributed by atoms with Gasteiger partial charge in [0.05, 0.1) is 6.42 Å². The van der Waals surface area contributed by atoms with Gasteiger partial charge in [0.15, 0.2) is 0 Å². The lowest BCUT2D eigenvalue weighted by Crippen LogP contribution is -2.28. The molecule has 0 aliphatic heterocycles. The van der Waals surface area contributed by atoms with Crippen LogP contribution in [0.25, 0.3) is 0 Å². The molecule has 0 spiro atoms. The smallest absolute Gasteiger partial charge is 0.227 e. The van der Waals surface area contributed by atoms with Crippen LogP contribution in [0.2, 0.25) is 0 Å². The van der Waals surface area contributed by atoms with Crippen LogP contribution in [0.4, 0.5) is 0 Å². The van der Waals surface area contributed by atoms with E-state index < -0.39 is 0 Å². The molecule has 21 heavy (non-hydrogen) atoms. The molecule has 0 unspecified atom stereocenters. The molecule has 4 heteroatoms. The second-order valence-electron chi connectivity index (χ2n) is 5.03. The summed E-state index contributed by atoms with van der Waals surface area (Å²) in [6, 6.07) is 15.8. The molecule has 0 aliphatic carbocycles. The molecule has 2 rings (SSSR count). The van der Waals surface area contributed by atoms with Crippen LogP contribution in [0.3, 0.4) is 0 Å². The van der Waals surface area contributed by atoms with Gasteiger partial charge in [0.25, 0.3) is 0 Å². The molecular weight excluding hydrogens is 328 g/mol. The van der Waals surface area contributed by atoms with Gasteiger partial charge in [0.2, 0.25) is 5.91 Å². The van der Waals surface area contributed by atoms with E-state index in [9.17, 15) is 4.79 Å². The Balaban J connectivity index is 2.01. The van der Waals surface area contributed by atoms with E-state index in [4.69, 9.17) is 5.73 Å². The Bertz CT molecular complexity index is 610. The highest BCUT2D eigenvalue weighted by molar-refractivity contribution is 9.10. The molecule has 0 aliphatic rings. The Morgan fingerprint density at radius 2 is 1.71 bits per heavy atom. The Hall–Kier alpha value is -1.65. The number of hydrogen-bond acceptors (Lipinski definition) is 2. The quantitative estimate of drug-likeness (QED) is 0.903. The van der Waals surface area contributed by atoms with Crippen molar-refractivity contribution in [2.75, 3.05) is 7.05 Å². The summed E-state index contributed by atoms with van der Waals surface area (Å²) in [5, 5.41) is 0. The standard InChI is InChI=1S/C17H19BrN2O/c1-20(12-13-6-8-16(18)9-7-13)17(21)10-14-4-2-3-5-15(14)11-19/h2-9H,10-12,19H2,1H3. The monoisotopic (exact) mass is 346 g/mol. The predicted molar refractivity (Wildman–Crippen MR) is 88.7 cm³/mol. The average molecular weight is 347 g/mol. The van der Waals surface area contributed by atoms with Gasteiger partial charge in [-0.3, -0.25) is 4.79 Å². The third kappa shape index (κ3) is 4.41. The Morgan fingerprint density at radius 1 is 1.10 bits per heavy atom. The molecule has 3 nitrogen and oxygen atoms in total. The lowest BCUT2D eigenvalue weighted by atomic mass is 10.0. The molecule has 0 aromatic heterocycles. The van der Waals surface area contributed by atoms with Crippen LogP contribution in [0, 0.1) is 0 Å². The summed E-state index contributed by atoms with van der Waals surface area (Å²) < 4.78 is 1.04. The molecule has 2 aromatic carbocycles. The summed E-state index contributed by atoms with van der Waals surface area (Å²) in [5.74, 6) is 0.0961. The van der Waals surface area contributed by atoms with E-state index in [0.29, 0.717) is 19.5 Å². The van der Waals surface area contributed by atoms with Gasteiger partial charge in [-0.25, -0.2) is 0 Å². The minimum atomic E-state index is 0.0961. The Kier molecular flexibility index (Phi) is 5.53. The van der Waals surface area contributed by atoms with E-state index in [1.807, 2.05) is 55.6 Å². The van der Waals surface area contributed by atoms with Crippen molar-refractivity contribution in [3.8, 4) is 0 Å². The number of nitrogens with zero attached hydrogens (tertiary/aromatic N) is 1. The van der Waals surface area contributed by atoms with Crippen LogP contribution in [-0.2, 0) is 24.3 Å². The van der Waals surface area contributed by atoms with Gasteiger partial charge in [-0.15, -0.1) is 0 Å². The number of carbonyl (C=O) groups excluding carboxylic acids is 1. The van der Waals surface area contributed by atoms with E-state index in [2.05, 4.69) is 15.9 Å². The third-order valence-electron chi connectivity index (χ3n) is 3.44. The minimum absolute atomic E-state index is 0.0961. The molecule has 1 amide bonds. The first-order valence-electron chi connectivity index (χ1n) is 6.85. The summed E-state index contributed by atoms with van der Waals surface area (Å²) >= 11 is 3.41. The number of carbonyl (C=O) groups is 1. The Labute approximate surface area is 133 Å². The van der Waals surface area contributed by atoms with Crippen LogP contribution in [0.15, 0.2) is 53.0 Å². The highest BCUT2D eigenvalue weighted by Crippen LogP contribution is 2.13. The van der Waals surface area contributed by atoms with Gasteiger partial charge in [0, 0.05) is 24.6 Å². The van der Waals surface area contributed by atoms with Crippen LogP contribution in [0.1, 0.15) is 16.7 Å². The number of benzene rings is 2. The number of halogens is 1. The molecular formula is C17H19BrN2O. The largest absolute Gasteiger partial charge is 0.341 e. The Morgan fingerprint density at radius 3 is 2.33 bits per heavy atom. The summed E-state index contributed by atoms with van der Waals surface area (Å²) in [6.45, 7) is 1.07. The van der Waals surface area contributed by atoms with Crippen molar-refractivity contribution in [1.82, 2.24) is 4.90 Å². The first kappa shape index (κ1) is 15.7. The molecule has 0 saturated carbocycles. The highest BCUT2D eigenvalue weighted by atomic mass is 79.9. The molecule has 0 atom stereocenters. The molecule has 110 valence electrons. The summed E-state index contributed by atoms with van der Waals surface area (Å²) in [5.41, 5.74) is 8.86. The lowest BCUT2D eigenvalue weighted by molar-refractivity contribution is -0.129. The van der Waals surface area contributed by atoms with E-state index in [0.717, 1.165) is 21.2 Å². The molecule has 2 aromatic rings. The van der Waals surface area contributed by atoms with Crippen molar-refractivity contribution >= 4 is 21.8 Å². The van der Waals surface area contributed by atoms with Crippen molar-refractivity contribution < 1.29 is 4.79 Å². The van der Waals surface area contributed by atoms with Crippen molar-refractivity contribution in [3.63, 3.8) is 0 Å². The number of rotatable bonds is 5. The van der Waals surface area contributed by atoms with Crippen LogP contribution < -0.4 is 5.73 Å². The average Bonchev–Trinajstić information content (AvgIpc) is 2.50. The lowest BCUT2D eigenvalue weighted by Gasteiger charge is -2.18. The summed E-state index contributed by atoms with van der Waals surface area (Å²) in [4.78, 5) is 14.1. The fourth-order valence-electron chi connectivity index (χ4n) is 2.18. The number of amides is 1. The van der Waals surface area contributed by atoms with Crippen molar-refractivity contribution in [2.45, 2.75) is 19.5 Å². The normalized spacial score (nSPS) is 10.4. The maximum absolute atomic E-state index is 12.3. The van der Waals surface area contributed by atoms with Crippen molar-refractivity contribution in [1.29, 1.82) is 0 Å². The van der Waals surface area contributed by atoms with E-state index in [1.54, 1.807) is 4.90 Å². The zero-order valence-corrected chi connectivity index (χ0v) is 13.6. The van der Waals surface area contributed by atoms with Gasteiger partial charge >= 0.3 is 0 Å². The van der Waals surface area contributed by atoms with Crippen molar-refractivity contribution in [3.05, 3.63) is 69.7 Å². The summed E-state index contributed by atoms with van der Waals surface area (Å²) in [7, 11) is 1.83. The maximum atomic E-state index is 12.3. The van der Waals surface area contributed by atoms with Gasteiger partial charge in [0.1, 0.15) is 0 Å². The van der Waals surface area contributed by atoms with Gasteiger partial charge < -0.3 is 10.6 Å². The highest BCUT2D eigenvalue weighted by Gasteiger charge is 2.12. The fraction of sp³-hybridized carbons (Fsp3) is 0.235. The SMILES string of the molecule is CN(Cc1ccc(Br)cc1)C(=O)Cc1ccccc1CN. The molecule has 0 fully saturated rings. The first-order valence-corrected chi connectivity index (χ1v) is 7.64. The van der Waals surface area contributed by atoms with E-state index >= 15 is 0 Å². The molecule has 0 heterocycles. The van der Waals surface area contributed by atoms with E-state index in [1.165, 1.54) is 0 Å². The minimum Gasteiger partial charge on any atom is -0.341 e. The van der Waals surface area contributed by atoms with Gasteiger partial charge in [-0.05, 0) is 28.8 Å². The van der Waals surface area contributed by atoms with E-state index in [-0.39, 0.29) is 5.91 Å².